The van der Waals surface area contributed by atoms with Gasteiger partial charge in [0.1, 0.15) is 11.5 Å². The van der Waals surface area contributed by atoms with Crippen molar-refractivity contribution in [3.8, 4) is 11.5 Å². The van der Waals surface area contributed by atoms with Crippen molar-refractivity contribution in [1.29, 1.82) is 0 Å². The quantitative estimate of drug-likeness (QED) is 0.793. The standard InChI is InChI=1S/C18H20O2/c1-15-6-5-8-18(14-15)20-17-11-9-16(10-12-17)7-3-2-4-13-19/h2,4-6,8-12,14,19H,3,7,13H2,1H3. The topological polar surface area (TPSA) is 29.5 Å². The van der Waals surface area contributed by atoms with Gasteiger partial charge in [-0.15, -0.1) is 0 Å². The summed E-state index contributed by atoms with van der Waals surface area (Å²) in [5, 5.41) is 8.66. The zero-order valence-electron chi connectivity index (χ0n) is 11.8. The summed E-state index contributed by atoms with van der Waals surface area (Å²) in [6, 6.07) is 16.2. The smallest absolute Gasteiger partial charge is 0.127 e. The second-order valence-electron chi connectivity index (χ2n) is 4.76. The van der Waals surface area contributed by atoms with E-state index in [1.165, 1.54) is 11.1 Å². The molecular weight excluding hydrogens is 248 g/mol. The molecule has 20 heavy (non-hydrogen) atoms. The molecule has 0 spiro atoms. The van der Waals surface area contributed by atoms with Gasteiger partial charge in [-0.05, 0) is 55.2 Å². The van der Waals surface area contributed by atoms with Crippen molar-refractivity contribution >= 4 is 0 Å². The number of aliphatic hydroxyl groups excluding tert-OH is 1. The molecule has 2 nitrogen and oxygen atoms in total. The lowest BCUT2D eigenvalue weighted by Gasteiger charge is -2.07. The molecule has 0 saturated carbocycles. The molecule has 0 heterocycles. The number of aliphatic hydroxyl groups is 1. The summed E-state index contributed by atoms with van der Waals surface area (Å²) < 4.78 is 5.81. The van der Waals surface area contributed by atoms with Crippen LogP contribution in [0.5, 0.6) is 11.5 Å². The lowest BCUT2D eigenvalue weighted by atomic mass is 10.1. The van der Waals surface area contributed by atoms with E-state index >= 15 is 0 Å². The minimum Gasteiger partial charge on any atom is -0.457 e. The minimum atomic E-state index is 0.114. The summed E-state index contributed by atoms with van der Waals surface area (Å²) in [6.07, 6.45) is 5.69. The van der Waals surface area contributed by atoms with Crippen molar-refractivity contribution in [1.82, 2.24) is 0 Å². The number of benzene rings is 2. The molecule has 0 aliphatic rings. The largest absolute Gasteiger partial charge is 0.457 e. The highest BCUT2D eigenvalue weighted by Crippen LogP contribution is 2.22. The number of aryl methyl sites for hydroxylation is 2. The molecule has 0 aliphatic heterocycles. The van der Waals surface area contributed by atoms with Crippen molar-refractivity contribution in [2.45, 2.75) is 19.8 Å². The zero-order chi connectivity index (χ0) is 14.2. The third kappa shape index (κ3) is 4.56. The molecule has 2 aromatic carbocycles. The molecule has 2 heteroatoms. The van der Waals surface area contributed by atoms with E-state index in [9.17, 15) is 0 Å². The van der Waals surface area contributed by atoms with Crippen LogP contribution in [-0.4, -0.2) is 11.7 Å². The fourth-order valence-electron chi connectivity index (χ4n) is 1.98. The summed E-state index contributed by atoms with van der Waals surface area (Å²) in [5.74, 6) is 1.72. The van der Waals surface area contributed by atoms with E-state index in [1.807, 2.05) is 36.4 Å². The molecule has 2 rings (SSSR count). The number of hydrogen-bond donors (Lipinski definition) is 1. The van der Waals surface area contributed by atoms with Crippen LogP contribution in [0.25, 0.3) is 0 Å². The fourth-order valence-corrected chi connectivity index (χ4v) is 1.98. The molecule has 1 N–H and O–H groups in total. The van der Waals surface area contributed by atoms with Gasteiger partial charge in [0.15, 0.2) is 0 Å². The second-order valence-corrected chi connectivity index (χ2v) is 4.76. The first kappa shape index (κ1) is 14.4. The van der Waals surface area contributed by atoms with Gasteiger partial charge in [-0.1, -0.05) is 36.4 Å². The number of allylic oxidation sites excluding steroid dienone is 1. The van der Waals surface area contributed by atoms with Crippen molar-refractivity contribution in [3.63, 3.8) is 0 Å². The van der Waals surface area contributed by atoms with E-state index in [2.05, 4.69) is 25.1 Å². The van der Waals surface area contributed by atoms with Crippen molar-refractivity contribution < 1.29 is 9.84 Å². The van der Waals surface area contributed by atoms with Gasteiger partial charge in [-0.2, -0.15) is 0 Å². The summed E-state index contributed by atoms with van der Waals surface area (Å²) in [7, 11) is 0. The lowest BCUT2D eigenvalue weighted by Crippen LogP contribution is -1.87. The molecule has 0 bridgehead atoms. The number of ether oxygens (including phenoxy) is 1. The molecule has 0 unspecified atom stereocenters. The van der Waals surface area contributed by atoms with E-state index < -0.39 is 0 Å². The van der Waals surface area contributed by atoms with Crippen LogP contribution in [0.4, 0.5) is 0 Å². The van der Waals surface area contributed by atoms with Gasteiger partial charge in [0.05, 0.1) is 6.61 Å². The van der Waals surface area contributed by atoms with Gasteiger partial charge in [0, 0.05) is 0 Å². The Bertz CT molecular complexity index is 556. The Morgan fingerprint density at radius 2 is 1.80 bits per heavy atom. The summed E-state index contributed by atoms with van der Waals surface area (Å²) >= 11 is 0. The van der Waals surface area contributed by atoms with E-state index in [0.29, 0.717) is 0 Å². The van der Waals surface area contributed by atoms with Crippen LogP contribution in [0.2, 0.25) is 0 Å². The van der Waals surface area contributed by atoms with Gasteiger partial charge in [-0.3, -0.25) is 0 Å². The lowest BCUT2D eigenvalue weighted by molar-refractivity contribution is 0.342. The first-order valence-electron chi connectivity index (χ1n) is 6.87. The Balaban J connectivity index is 1.93. The van der Waals surface area contributed by atoms with Gasteiger partial charge in [0.25, 0.3) is 0 Å². The van der Waals surface area contributed by atoms with E-state index in [0.717, 1.165) is 24.3 Å². The van der Waals surface area contributed by atoms with Crippen LogP contribution in [0, 0.1) is 6.92 Å². The molecule has 2 aromatic rings. The maximum atomic E-state index is 8.66. The van der Waals surface area contributed by atoms with Crippen LogP contribution in [0.3, 0.4) is 0 Å². The normalized spacial score (nSPS) is 10.9. The third-order valence-electron chi connectivity index (χ3n) is 3.02. The Morgan fingerprint density at radius 3 is 2.50 bits per heavy atom. The molecule has 0 saturated heterocycles. The molecule has 0 radical (unpaired) electrons. The highest BCUT2D eigenvalue weighted by molar-refractivity contribution is 5.35. The van der Waals surface area contributed by atoms with E-state index in [4.69, 9.17) is 9.84 Å². The van der Waals surface area contributed by atoms with Gasteiger partial charge < -0.3 is 9.84 Å². The Kier molecular flexibility index (Phi) is 5.39. The molecule has 0 fully saturated rings. The van der Waals surface area contributed by atoms with Crippen molar-refractivity contribution in [2.75, 3.05) is 6.61 Å². The number of hydrogen-bond acceptors (Lipinski definition) is 2. The Labute approximate surface area is 120 Å². The molecule has 0 amide bonds. The molecule has 0 aliphatic carbocycles. The van der Waals surface area contributed by atoms with Crippen molar-refractivity contribution in [2.24, 2.45) is 0 Å². The van der Waals surface area contributed by atoms with Crippen LogP contribution in [0.1, 0.15) is 17.5 Å². The van der Waals surface area contributed by atoms with Crippen LogP contribution in [0.15, 0.2) is 60.7 Å². The average Bonchev–Trinajstić information content (AvgIpc) is 2.45. The van der Waals surface area contributed by atoms with Gasteiger partial charge >= 0.3 is 0 Å². The maximum absolute atomic E-state index is 8.66. The fraction of sp³-hybridized carbons (Fsp3) is 0.222. The zero-order valence-corrected chi connectivity index (χ0v) is 11.8. The minimum absolute atomic E-state index is 0.114. The summed E-state index contributed by atoms with van der Waals surface area (Å²) in [5.41, 5.74) is 2.46. The first-order valence-corrected chi connectivity index (χ1v) is 6.87. The Hall–Kier alpha value is -2.06. The van der Waals surface area contributed by atoms with Crippen LogP contribution < -0.4 is 4.74 Å². The van der Waals surface area contributed by atoms with Crippen molar-refractivity contribution in [3.05, 3.63) is 71.8 Å². The predicted molar refractivity (Wildman–Crippen MR) is 82.2 cm³/mol. The van der Waals surface area contributed by atoms with Crippen LogP contribution in [-0.2, 0) is 6.42 Å². The third-order valence-corrected chi connectivity index (χ3v) is 3.02. The summed E-state index contributed by atoms with van der Waals surface area (Å²) in [4.78, 5) is 0. The average molecular weight is 268 g/mol. The molecule has 104 valence electrons. The van der Waals surface area contributed by atoms with Crippen LogP contribution >= 0.6 is 0 Å². The van der Waals surface area contributed by atoms with Gasteiger partial charge in [0.2, 0.25) is 0 Å². The maximum Gasteiger partial charge on any atom is 0.127 e. The number of rotatable bonds is 6. The molecule has 0 aromatic heterocycles. The molecule has 0 atom stereocenters. The monoisotopic (exact) mass is 268 g/mol. The van der Waals surface area contributed by atoms with Gasteiger partial charge in [-0.25, -0.2) is 0 Å². The highest BCUT2D eigenvalue weighted by atomic mass is 16.5. The second kappa shape index (κ2) is 7.51. The summed E-state index contributed by atoms with van der Waals surface area (Å²) in [6.45, 7) is 2.17. The van der Waals surface area contributed by atoms with E-state index in [1.54, 1.807) is 6.08 Å². The highest BCUT2D eigenvalue weighted by Gasteiger charge is 1.98. The molecular formula is C18H20O2. The van der Waals surface area contributed by atoms with E-state index in [-0.39, 0.29) is 6.61 Å². The predicted octanol–water partition coefficient (Wildman–Crippen LogP) is 4.27. The SMILES string of the molecule is Cc1cccc(Oc2ccc(CCC=CCO)cc2)c1. The Morgan fingerprint density at radius 1 is 1.00 bits per heavy atom. The first-order chi connectivity index (χ1) is 9.78.